The summed E-state index contributed by atoms with van der Waals surface area (Å²) >= 11 is 3.91. The summed E-state index contributed by atoms with van der Waals surface area (Å²) in [5.41, 5.74) is 0. The Labute approximate surface area is 85.5 Å². The topological polar surface area (TPSA) is 40.5 Å². The summed E-state index contributed by atoms with van der Waals surface area (Å²) in [5.74, 6) is -0.0694. The Balaban J connectivity index is 3.34. The lowest BCUT2D eigenvalue weighted by Gasteiger charge is -2.00. The molecule has 0 aliphatic carbocycles. The van der Waals surface area contributed by atoms with Gasteiger partial charge in [0.1, 0.15) is 0 Å². The van der Waals surface area contributed by atoms with E-state index in [1.54, 1.807) is 12.1 Å². The van der Waals surface area contributed by atoms with Gasteiger partial charge in [-0.25, -0.2) is 0 Å². The van der Waals surface area contributed by atoms with Gasteiger partial charge in [-0.1, -0.05) is 0 Å². The van der Waals surface area contributed by atoms with E-state index in [4.69, 9.17) is 10.2 Å². The highest BCUT2D eigenvalue weighted by molar-refractivity contribution is 14.1. The molecule has 54 valence electrons. The van der Waals surface area contributed by atoms with Crippen LogP contribution in [0.4, 0.5) is 0 Å². The van der Waals surface area contributed by atoms with Gasteiger partial charge in [0.25, 0.3) is 0 Å². The molecule has 0 atom stereocenters. The lowest BCUT2D eigenvalue weighted by Crippen LogP contribution is -1.77. The third kappa shape index (κ3) is 1.47. The molecule has 2 N–H and O–H groups in total. The Morgan fingerprint density at radius 1 is 0.900 bits per heavy atom. The van der Waals surface area contributed by atoms with Crippen molar-refractivity contribution >= 4 is 45.2 Å². The highest BCUT2D eigenvalue weighted by Gasteiger charge is 2.06. The lowest BCUT2D eigenvalue weighted by atomic mass is 10.3. The molecule has 0 saturated heterocycles. The molecule has 0 bridgehead atoms. The van der Waals surface area contributed by atoms with Gasteiger partial charge < -0.3 is 10.2 Å². The van der Waals surface area contributed by atoms with E-state index < -0.39 is 0 Å². The SMILES string of the molecule is Oc1c(I)ccc(I)c1O. The number of halogens is 2. The Bertz CT molecular complexity index is 233. The Hall–Kier alpha value is 0.280. The predicted octanol–water partition coefficient (Wildman–Crippen LogP) is 2.31. The van der Waals surface area contributed by atoms with Crippen LogP contribution in [0.3, 0.4) is 0 Å². The molecular weight excluding hydrogens is 358 g/mol. The van der Waals surface area contributed by atoms with Crippen LogP contribution in [0.5, 0.6) is 11.5 Å². The van der Waals surface area contributed by atoms with Crippen molar-refractivity contribution in [2.24, 2.45) is 0 Å². The van der Waals surface area contributed by atoms with Gasteiger partial charge in [0.2, 0.25) is 0 Å². The van der Waals surface area contributed by atoms with Gasteiger partial charge in [0.15, 0.2) is 11.5 Å². The van der Waals surface area contributed by atoms with Gasteiger partial charge in [0, 0.05) is 0 Å². The fourth-order valence-corrected chi connectivity index (χ4v) is 1.40. The molecule has 0 aliphatic rings. The van der Waals surface area contributed by atoms with Crippen molar-refractivity contribution in [3.8, 4) is 11.5 Å². The molecule has 0 heterocycles. The van der Waals surface area contributed by atoms with Gasteiger partial charge in [-0.2, -0.15) is 0 Å². The van der Waals surface area contributed by atoms with Crippen molar-refractivity contribution in [3.63, 3.8) is 0 Å². The average molecular weight is 362 g/mol. The number of phenolic OH excluding ortho intramolecular Hbond substituents is 2. The number of rotatable bonds is 0. The van der Waals surface area contributed by atoms with E-state index >= 15 is 0 Å². The molecule has 0 saturated carbocycles. The molecule has 0 radical (unpaired) electrons. The first-order valence-electron chi connectivity index (χ1n) is 2.49. The third-order valence-electron chi connectivity index (χ3n) is 1.05. The van der Waals surface area contributed by atoms with Gasteiger partial charge in [0.05, 0.1) is 7.14 Å². The van der Waals surface area contributed by atoms with Crippen LogP contribution in [0.15, 0.2) is 12.1 Å². The fourth-order valence-electron chi connectivity index (χ4n) is 0.530. The van der Waals surface area contributed by atoms with Crippen LogP contribution in [-0.2, 0) is 0 Å². The van der Waals surface area contributed by atoms with Crippen LogP contribution in [0, 0.1) is 7.14 Å². The quantitative estimate of drug-likeness (QED) is 0.550. The summed E-state index contributed by atoms with van der Waals surface area (Å²) in [6, 6.07) is 3.49. The minimum Gasteiger partial charge on any atom is -0.504 e. The normalized spacial score (nSPS) is 9.80. The highest BCUT2D eigenvalue weighted by atomic mass is 127. The molecule has 4 heteroatoms. The summed E-state index contributed by atoms with van der Waals surface area (Å²) in [5, 5.41) is 18.2. The molecule has 0 amide bonds. The Morgan fingerprint density at radius 3 is 1.50 bits per heavy atom. The Morgan fingerprint density at radius 2 is 1.20 bits per heavy atom. The maximum atomic E-state index is 9.12. The monoisotopic (exact) mass is 362 g/mol. The molecular formula is C6H4I2O2. The molecule has 1 aromatic rings. The van der Waals surface area contributed by atoms with Crippen LogP contribution in [0.2, 0.25) is 0 Å². The van der Waals surface area contributed by atoms with E-state index in [-0.39, 0.29) is 11.5 Å². The summed E-state index contributed by atoms with van der Waals surface area (Å²) in [7, 11) is 0. The largest absolute Gasteiger partial charge is 0.504 e. The molecule has 0 aliphatic heterocycles. The summed E-state index contributed by atoms with van der Waals surface area (Å²) in [6.45, 7) is 0. The molecule has 0 spiro atoms. The van der Waals surface area contributed by atoms with Gasteiger partial charge in [-0.15, -0.1) is 0 Å². The molecule has 0 fully saturated rings. The first-order chi connectivity index (χ1) is 4.63. The molecule has 1 aromatic carbocycles. The molecule has 2 nitrogen and oxygen atoms in total. The second-order valence-electron chi connectivity index (χ2n) is 1.73. The van der Waals surface area contributed by atoms with Crippen molar-refractivity contribution in [3.05, 3.63) is 19.3 Å². The van der Waals surface area contributed by atoms with Gasteiger partial charge in [-0.05, 0) is 57.3 Å². The van der Waals surface area contributed by atoms with Gasteiger partial charge >= 0.3 is 0 Å². The van der Waals surface area contributed by atoms with Crippen molar-refractivity contribution in [2.75, 3.05) is 0 Å². The van der Waals surface area contributed by atoms with Crippen LogP contribution in [-0.4, -0.2) is 10.2 Å². The van der Waals surface area contributed by atoms with E-state index in [1.165, 1.54) is 0 Å². The van der Waals surface area contributed by atoms with Crippen LogP contribution < -0.4 is 0 Å². The standard InChI is InChI=1S/C6H4I2O2/c7-3-1-2-4(8)6(10)5(3)9/h1-2,9-10H. The zero-order valence-corrected chi connectivity index (χ0v) is 9.12. The third-order valence-corrected chi connectivity index (χ3v) is 2.79. The van der Waals surface area contributed by atoms with Crippen molar-refractivity contribution in [1.29, 1.82) is 0 Å². The predicted molar refractivity (Wildman–Crippen MR) is 55.2 cm³/mol. The first kappa shape index (κ1) is 8.38. The number of hydrogen-bond donors (Lipinski definition) is 2. The van der Waals surface area contributed by atoms with E-state index in [0.29, 0.717) is 7.14 Å². The second-order valence-corrected chi connectivity index (χ2v) is 4.05. The zero-order valence-electron chi connectivity index (χ0n) is 4.81. The summed E-state index contributed by atoms with van der Waals surface area (Å²) in [4.78, 5) is 0. The minimum atomic E-state index is -0.0347. The van der Waals surface area contributed by atoms with E-state index in [9.17, 15) is 0 Å². The first-order valence-corrected chi connectivity index (χ1v) is 4.64. The summed E-state index contributed by atoms with van der Waals surface area (Å²) < 4.78 is 1.33. The number of aromatic hydroxyl groups is 2. The van der Waals surface area contributed by atoms with E-state index in [0.717, 1.165) is 0 Å². The molecule has 0 aromatic heterocycles. The lowest BCUT2D eigenvalue weighted by molar-refractivity contribution is 0.398. The molecule has 1 rings (SSSR count). The Kier molecular flexibility index (Phi) is 2.61. The number of hydrogen-bond acceptors (Lipinski definition) is 2. The maximum Gasteiger partial charge on any atom is 0.172 e. The minimum absolute atomic E-state index is 0.0347. The van der Waals surface area contributed by atoms with Crippen molar-refractivity contribution in [1.82, 2.24) is 0 Å². The number of phenols is 2. The van der Waals surface area contributed by atoms with Crippen molar-refractivity contribution in [2.45, 2.75) is 0 Å². The summed E-state index contributed by atoms with van der Waals surface area (Å²) in [6.07, 6.45) is 0. The smallest absolute Gasteiger partial charge is 0.172 e. The van der Waals surface area contributed by atoms with E-state index in [1.807, 2.05) is 45.2 Å². The molecule has 0 unspecified atom stereocenters. The van der Waals surface area contributed by atoms with Crippen LogP contribution >= 0.6 is 45.2 Å². The second kappa shape index (κ2) is 3.12. The highest BCUT2D eigenvalue weighted by Crippen LogP contribution is 2.33. The van der Waals surface area contributed by atoms with Crippen LogP contribution in [0.1, 0.15) is 0 Å². The average Bonchev–Trinajstić information content (AvgIpc) is 1.93. The maximum absolute atomic E-state index is 9.12. The molecule has 10 heavy (non-hydrogen) atoms. The zero-order chi connectivity index (χ0) is 7.72. The van der Waals surface area contributed by atoms with Crippen molar-refractivity contribution < 1.29 is 10.2 Å². The number of benzene rings is 1. The van der Waals surface area contributed by atoms with Crippen LogP contribution in [0.25, 0.3) is 0 Å². The van der Waals surface area contributed by atoms with E-state index in [2.05, 4.69) is 0 Å². The fraction of sp³-hybridized carbons (Fsp3) is 0. The van der Waals surface area contributed by atoms with Gasteiger partial charge in [-0.3, -0.25) is 0 Å².